The van der Waals surface area contributed by atoms with Crippen molar-refractivity contribution in [3.63, 3.8) is 0 Å². The van der Waals surface area contributed by atoms with Crippen molar-refractivity contribution < 1.29 is 14.3 Å². The minimum atomic E-state index is -0.230. The maximum absolute atomic E-state index is 12.8. The summed E-state index contributed by atoms with van der Waals surface area (Å²) in [7, 11) is 0. The fourth-order valence-corrected chi connectivity index (χ4v) is 4.06. The van der Waals surface area contributed by atoms with E-state index < -0.39 is 0 Å². The topological polar surface area (TPSA) is 70.3 Å². The number of hydrogen-bond acceptors (Lipinski definition) is 5. The molecular formula is C25H22N4O3S. The molecule has 166 valence electrons. The third kappa shape index (κ3) is 4.65. The molecule has 0 saturated carbocycles. The quantitative estimate of drug-likeness (QED) is 0.434. The van der Waals surface area contributed by atoms with Crippen LogP contribution >= 0.6 is 12.2 Å². The van der Waals surface area contributed by atoms with E-state index >= 15 is 0 Å². The van der Waals surface area contributed by atoms with Crippen LogP contribution in [0, 0.1) is 4.77 Å². The smallest absolute Gasteiger partial charge is 0.246 e. The number of carbonyl (C=O) groups is 1. The summed E-state index contributed by atoms with van der Waals surface area (Å²) in [5, 5.41) is 7.60. The SMILES string of the molecule is O=C(Cn1nc(Cc2ccccc2)n(-c2ccccc2)c1=S)Nc1ccc2c(c1)OCCO2. The molecule has 0 saturated heterocycles. The molecule has 0 radical (unpaired) electrons. The average Bonchev–Trinajstić information content (AvgIpc) is 3.14. The van der Waals surface area contributed by atoms with Gasteiger partial charge >= 0.3 is 0 Å². The third-order valence-corrected chi connectivity index (χ3v) is 5.64. The Morgan fingerprint density at radius 3 is 2.39 bits per heavy atom. The Morgan fingerprint density at radius 2 is 1.64 bits per heavy atom. The van der Waals surface area contributed by atoms with Crippen molar-refractivity contribution in [1.29, 1.82) is 0 Å². The van der Waals surface area contributed by atoms with E-state index in [9.17, 15) is 4.79 Å². The molecular weight excluding hydrogens is 436 g/mol. The van der Waals surface area contributed by atoms with Crippen LogP contribution in [0.25, 0.3) is 5.69 Å². The second-order valence-electron chi connectivity index (χ2n) is 7.60. The first-order chi connectivity index (χ1) is 16.2. The lowest BCUT2D eigenvalue weighted by molar-refractivity contribution is -0.116. The van der Waals surface area contributed by atoms with E-state index in [-0.39, 0.29) is 12.5 Å². The molecule has 5 rings (SSSR count). The summed E-state index contributed by atoms with van der Waals surface area (Å²) >= 11 is 5.72. The summed E-state index contributed by atoms with van der Waals surface area (Å²) in [6.07, 6.45) is 0.593. The molecule has 33 heavy (non-hydrogen) atoms. The van der Waals surface area contributed by atoms with Crippen molar-refractivity contribution in [3.8, 4) is 17.2 Å². The molecule has 0 fully saturated rings. The van der Waals surface area contributed by atoms with Gasteiger partial charge in [-0.2, -0.15) is 5.10 Å². The number of hydrogen-bond donors (Lipinski definition) is 1. The molecule has 0 spiro atoms. The van der Waals surface area contributed by atoms with Crippen LogP contribution in [-0.4, -0.2) is 33.5 Å². The maximum Gasteiger partial charge on any atom is 0.246 e. The Labute approximate surface area is 196 Å². The van der Waals surface area contributed by atoms with E-state index in [2.05, 4.69) is 5.32 Å². The maximum atomic E-state index is 12.8. The Balaban J connectivity index is 1.41. The molecule has 8 heteroatoms. The molecule has 1 aromatic heterocycles. The number of aromatic nitrogens is 3. The summed E-state index contributed by atoms with van der Waals surface area (Å²) in [5.41, 5.74) is 2.65. The number of anilines is 1. The number of para-hydroxylation sites is 1. The van der Waals surface area contributed by atoms with Gasteiger partial charge in [-0.15, -0.1) is 0 Å². The van der Waals surface area contributed by atoms with Gasteiger partial charge in [0.2, 0.25) is 10.7 Å². The molecule has 4 aromatic rings. The van der Waals surface area contributed by atoms with E-state index in [1.54, 1.807) is 22.9 Å². The van der Waals surface area contributed by atoms with Crippen LogP contribution in [0.3, 0.4) is 0 Å². The van der Waals surface area contributed by atoms with Gasteiger partial charge in [0.1, 0.15) is 25.6 Å². The van der Waals surface area contributed by atoms with E-state index in [1.807, 2.05) is 65.2 Å². The summed E-state index contributed by atoms with van der Waals surface area (Å²) in [4.78, 5) is 12.8. The van der Waals surface area contributed by atoms with Crippen molar-refractivity contribution in [2.75, 3.05) is 18.5 Å². The average molecular weight is 459 g/mol. The van der Waals surface area contributed by atoms with Crippen LogP contribution in [0.1, 0.15) is 11.4 Å². The molecule has 0 bridgehead atoms. The van der Waals surface area contributed by atoms with Gasteiger partial charge in [-0.1, -0.05) is 48.5 Å². The van der Waals surface area contributed by atoms with Gasteiger partial charge in [0, 0.05) is 23.9 Å². The Hall–Kier alpha value is -3.91. The fourth-order valence-electron chi connectivity index (χ4n) is 3.74. The predicted molar refractivity (Wildman–Crippen MR) is 128 cm³/mol. The highest BCUT2D eigenvalue weighted by Crippen LogP contribution is 2.32. The minimum Gasteiger partial charge on any atom is -0.486 e. The molecule has 3 aromatic carbocycles. The number of nitrogens with zero attached hydrogens (tertiary/aromatic N) is 3. The minimum absolute atomic E-state index is 0.00506. The number of ether oxygens (including phenoxy) is 2. The summed E-state index contributed by atoms with van der Waals surface area (Å²) in [6, 6.07) is 25.2. The first kappa shape index (κ1) is 21.0. The van der Waals surface area contributed by atoms with Gasteiger partial charge in [0.05, 0.1) is 0 Å². The molecule has 1 aliphatic rings. The normalized spacial score (nSPS) is 12.4. The van der Waals surface area contributed by atoms with E-state index in [0.29, 0.717) is 41.6 Å². The molecule has 0 aliphatic carbocycles. The van der Waals surface area contributed by atoms with E-state index in [4.69, 9.17) is 26.8 Å². The highest BCUT2D eigenvalue weighted by Gasteiger charge is 2.17. The zero-order chi connectivity index (χ0) is 22.6. The molecule has 1 aliphatic heterocycles. The van der Waals surface area contributed by atoms with Crippen LogP contribution < -0.4 is 14.8 Å². The summed E-state index contributed by atoms with van der Waals surface area (Å²) < 4.78 is 15.1. The van der Waals surface area contributed by atoms with Gasteiger partial charge in [0.15, 0.2) is 11.5 Å². The fraction of sp³-hybridized carbons (Fsp3) is 0.160. The van der Waals surface area contributed by atoms with Crippen LogP contribution in [0.5, 0.6) is 11.5 Å². The number of nitrogens with one attached hydrogen (secondary N) is 1. The molecule has 2 heterocycles. The molecule has 0 unspecified atom stereocenters. The number of fused-ring (bicyclic) bond motifs is 1. The first-order valence-electron chi connectivity index (χ1n) is 10.6. The molecule has 1 amide bonds. The van der Waals surface area contributed by atoms with Crippen LogP contribution in [0.4, 0.5) is 5.69 Å². The number of carbonyl (C=O) groups excluding carboxylic acids is 1. The zero-order valence-corrected chi connectivity index (χ0v) is 18.6. The number of amides is 1. The highest BCUT2D eigenvalue weighted by atomic mass is 32.1. The largest absolute Gasteiger partial charge is 0.486 e. The summed E-state index contributed by atoms with van der Waals surface area (Å²) in [6.45, 7) is 1.00. The highest BCUT2D eigenvalue weighted by molar-refractivity contribution is 7.71. The van der Waals surface area contributed by atoms with Crippen molar-refractivity contribution in [2.45, 2.75) is 13.0 Å². The van der Waals surface area contributed by atoms with Crippen LogP contribution in [0.15, 0.2) is 78.9 Å². The van der Waals surface area contributed by atoms with Crippen LogP contribution in [0.2, 0.25) is 0 Å². The number of rotatable bonds is 6. The molecule has 7 nitrogen and oxygen atoms in total. The van der Waals surface area contributed by atoms with Crippen molar-refractivity contribution in [1.82, 2.24) is 14.3 Å². The third-order valence-electron chi connectivity index (χ3n) is 5.25. The summed E-state index contributed by atoms with van der Waals surface area (Å²) in [5.74, 6) is 1.83. The standard InChI is InChI=1S/C25H22N4O3S/c30-24(26-19-11-12-21-22(16-19)32-14-13-31-21)17-28-25(33)29(20-9-5-2-6-10-20)23(27-28)15-18-7-3-1-4-8-18/h1-12,16H,13-15,17H2,(H,26,30). The second kappa shape index (κ2) is 9.30. The Kier molecular flexibility index (Phi) is 5.91. The van der Waals surface area contributed by atoms with Gasteiger partial charge in [0.25, 0.3) is 0 Å². The molecule has 1 N–H and O–H groups in total. The lowest BCUT2D eigenvalue weighted by atomic mass is 10.1. The lowest BCUT2D eigenvalue weighted by Crippen LogP contribution is -2.20. The van der Waals surface area contributed by atoms with E-state index in [0.717, 1.165) is 17.1 Å². The van der Waals surface area contributed by atoms with Crippen molar-refractivity contribution in [3.05, 3.63) is 95.0 Å². The monoisotopic (exact) mass is 458 g/mol. The second-order valence-corrected chi connectivity index (χ2v) is 7.96. The van der Waals surface area contributed by atoms with Gasteiger partial charge in [-0.05, 0) is 42.0 Å². The first-order valence-corrected chi connectivity index (χ1v) is 11.1. The predicted octanol–water partition coefficient (Wildman–Crippen LogP) is 4.40. The Morgan fingerprint density at radius 1 is 0.939 bits per heavy atom. The zero-order valence-electron chi connectivity index (χ0n) is 17.8. The Bertz CT molecular complexity index is 1330. The van der Waals surface area contributed by atoms with Crippen molar-refractivity contribution in [2.24, 2.45) is 0 Å². The lowest BCUT2D eigenvalue weighted by Gasteiger charge is -2.19. The van der Waals surface area contributed by atoms with Crippen LogP contribution in [-0.2, 0) is 17.8 Å². The van der Waals surface area contributed by atoms with E-state index in [1.165, 1.54) is 0 Å². The molecule has 0 atom stereocenters. The van der Waals surface area contributed by atoms with Gasteiger partial charge in [-0.25, -0.2) is 4.68 Å². The van der Waals surface area contributed by atoms with Gasteiger partial charge < -0.3 is 14.8 Å². The number of benzene rings is 3. The van der Waals surface area contributed by atoms with Gasteiger partial charge in [-0.3, -0.25) is 9.36 Å². The van der Waals surface area contributed by atoms with Crippen molar-refractivity contribution >= 4 is 23.8 Å².